The number of carbonyl (C=O) groups excluding carboxylic acids is 1. The summed E-state index contributed by atoms with van der Waals surface area (Å²) in [6, 6.07) is 11.0. The van der Waals surface area contributed by atoms with E-state index in [1.165, 1.54) is 6.07 Å². The Bertz CT molecular complexity index is 874. The van der Waals surface area contributed by atoms with Crippen LogP contribution in [0.25, 0.3) is 0 Å². The number of nitrogens with one attached hydrogen (secondary N) is 2. The first kappa shape index (κ1) is 19.7. The van der Waals surface area contributed by atoms with Gasteiger partial charge < -0.3 is 9.32 Å². The van der Waals surface area contributed by atoms with Gasteiger partial charge in [0.1, 0.15) is 11.6 Å². The Morgan fingerprint density at radius 1 is 1.10 bits per heavy atom. The SMILES string of the molecule is O=C(C1CCCN(Cc2ccco2)C1)N1CCC2NNC(c3ccccc3F)C2C1. The van der Waals surface area contributed by atoms with Crippen molar-refractivity contribution in [2.24, 2.45) is 11.8 Å². The average Bonchev–Trinajstić information content (AvgIpc) is 3.43. The zero-order valence-corrected chi connectivity index (χ0v) is 17.1. The van der Waals surface area contributed by atoms with Crippen molar-refractivity contribution in [3.63, 3.8) is 0 Å². The van der Waals surface area contributed by atoms with Gasteiger partial charge in [-0.2, -0.15) is 0 Å². The van der Waals surface area contributed by atoms with Crippen LogP contribution in [0.15, 0.2) is 47.1 Å². The van der Waals surface area contributed by atoms with Gasteiger partial charge in [0.25, 0.3) is 0 Å². The maximum Gasteiger partial charge on any atom is 0.226 e. The van der Waals surface area contributed by atoms with Gasteiger partial charge >= 0.3 is 0 Å². The number of hydrogen-bond acceptors (Lipinski definition) is 5. The molecule has 4 heterocycles. The van der Waals surface area contributed by atoms with Gasteiger partial charge in [-0.05, 0) is 44.0 Å². The molecule has 0 saturated carbocycles. The van der Waals surface area contributed by atoms with Gasteiger partial charge in [-0.15, -0.1) is 0 Å². The summed E-state index contributed by atoms with van der Waals surface area (Å²) in [6.45, 7) is 3.95. The molecule has 3 fully saturated rings. The monoisotopic (exact) mass is 412 g/mol. The number of piperidine rings is 2. The number of benzene rings is 1. The number of hydrazine groups is 1. The van der Waals surface area contributed by atoms with Crippen molar-refractivity contribution in [1.29, 1.82) is 0 Å². The van der Waals surface area contributed by atoms with Gasteiger partial charge in [-0.3, -0.25) is 15.1 Å². The number of fused-ring (bicyclic) bond motifs is 1. The van der Waals surface area contributed by atoms with Crippen LogP contribution in [-0.2, 0) is 11.3 Å². The molecule has 3 saturated heterocycles. The Balaban J connectivity index is 1.25. The lowest BCUT2D eigenvalue weighted by atomic mass is 9.84. The fraction of sp³-hybridized carbons (Fsp3) is 0.522. The molecule has 0 aliphatic carbocycles. The highest BCUT2D eigenvalue weighted by Crippen LogP contribution is 2.35. The first-order chi connectivity index (χ1) is 14.7. The molecule has 3 aliphatic heterocycles. The van der Waals surface area contributed by atoms with Gasteiger partial charge in [0.05, 0.1) is 24.8 Å². The number of halogens is 1. The number of nitrogens with zero attached hydrogens (tertiary/aromatic N) is 2. The molecule has 2 aromatic rings. The fourth-order valence-corrected chi connectivity index (χ4v) is 5.32. The molecule has 160 valence electrons. The molecule has 0 bridgehead atoms. The molecule has 2 N–H and O–H groups in total. The number of rotatable bonds is 4. The quantitative estimate of drug-likeness (QED) is 0.809. The van der Waals surface area contributed by atoms with E-state index in [9.17, 15) is 9.18 Å². The smallest absolute Gasteiger partial charge is 0.226 e. The highest BCUT2D eigenvalue weighted by Gasteiger charge is 2.43. The van der Waals surface area contributed by atoms with Crippen molar-refractivity contribution in [1.82, 2.24) is 20.7 Å². The molecular weight excluding hydrogens is 383 g/mol. The number of hydrogen-bond donors (Lipinski definition) is 2. The first-order valence-corrected chi connectivity index (χ1v) is 11.0. The van der Waals surface area contributed by atoms with E-state index in [-0.39, 0.29) is 35.6 Å². The van der Waals surface area contributed by atoms with Crippen LogP contribution in [0.4, 0.5) is 4.39 Å². The lowest BCUT2D eigenvalue weighted by Gasteiger charge is -2.40. The third kappa shape index (κ3) is 3.89. The highest BCUT2D eigenvalue weighted by atomic mass is 19.1. The number of furan rings is 1. The average molecular weight is 413 g/mol. The number of carbonyl (C=O) groups is 1. The Morgan fingerprint density at radius 2 is 2.00 bits per heavy atom. The summed E-state index contributed by atoms with van der Waals surface area (Å²) >= 11 is 0. The molecule has 1 aromatic heterocycles. The topological polar surface area (TPSA) is 60.8 Å². The molecule has 5 rings (SSSR count). The predicted octanol–water partition coefficient (Wildman–Crippen LogP) is 2.70. The molecule has 4 unspecified atom stereocenters. The molecule has 30 heavy (non-hydrogen) atoms. The van der Waals surface area contributed by atoms with Crippen molar-refractivity contribution in [3.05, 3.63) is 59.8 Å². The summed E-state index contributed by atoms with van der Waals surface area (Å²) in [5, 5.41) is 0. The van der Waals surface area contributed by atoms with Crippen LogP contribution < -0.4 is 10.9 Å². The Labute approximate surface area is 176 Å². The zero-order valence-electron chi connectivity index (χ0n) is 17.1. The molecule has 3 aliphatic rings. The second-order valence-electron chi connectivity index (χ2n) is 8.78. The van der Waals surface area contributed by atoms with Crippen LogP contribution >= 0.6 is 0 Å². The van der Waals surface area contributed by atoms with Crippen LogP contribution in [0.1, 0.15) is 36.6 Å². The van der Waals surface area contributed by atoms with Crippen molar-refractivity contribution in [2.45, 2.75) is 37.9 Å². The predicted molar refractivity (Wildman–Crippen MR) is 111 cm³/mol. The van der Waals surface area contributed by atoms with E-state index in [1.807, 2.05) is 29.2 Å². The van der Waals surface area contributed by atoms with E-state index in [0.717, 1.165) is 51.2 Å². The fourth-order valence-electron chi connectivity index (χ4n) is 5.32. The standard InChI is InChI=1S/C23H29FN4O2/c24-20-8-2-1-7-18(20)22-19-15-28(11-9-21(19)25-26-22)23(29)16-5-3-10-27(13-16)14-17-6-4-12-30-17/h1-2,4,6-8,12,16,19,21-22,25-26H,3,5,9-11,13-15H2. The minimum atomic E-state index is -0.193. The van der Waals surface area contributed by atoms with E-state index < -0.39 is 0 Å². The van der Waals surface area contributed by atoms with Crippen molar-refractivity contribution in [3.8, 4) is 0 Å². The highest BCUT2D eigenvalue weighted by molar-refractivity contribution is 5.79. The summed E-state index contributed by atoms with van der Waals surface area (Å²) in [7, 11) is 0. The lowest BCUT2D eigenvalue weighted by molar-refractivity contribution is -0.139. The second-order valence-corrected chi connectivity index (χ2v) is 8.78. The summed E-state index contributed by atoms with van der Waals surface area (Å²) in [6.07, 6.45) is 4.54. The normalized spacial score (nSPS) is 29.7. The van der Waals surface area contributed by atoms with Crippen LogP contribution in [0, 0.1) is 17.7 Å². The molecule has 7 heteroatoms. The van der Waals surface area contributed by atoms with E-state index in [2.05, 4.69) is 15.8 Å². The van der Waals surface area contributed by atoms with Gasteiger partial charge in [0.2, 0.25) is 5.91 Å². The summed E-state index contributed by atoms with van der Waals surface area (Å²) in [4.78, 5) is 17.7. The lowest BCUT2D eigenvalue weighted by Crippen LogP contribution is -2.51. The maximum absolute atomic E-state index is 14.4. The summed E-state index contributed by atoms with van der Waals surface area (Å²) in [5.41, 5.74) is 7.29. The Kier molecular flexibility index (Phi) is 5.58. The molecule has 0 radical (unpaired) electrons. The third-order valence-corrected chi connectivity index (χ3v) is 6.88. The van der Waals surface area contributed by atoms with E-state index in [0.29, 0.717) is 12.1 Å². The molecule has 0 spiro atoms. The van der Waals surface area contributed by atoms with Gasteiger partial charge in [0.15, 0.2) is 0 Å². The minimum absolute atomic E-state index is 0.0273. The summed E-state index contributed by atoms with van der Waals surface area (Å²) < 4.78 is 19.9. The van der Waals surface area contributed by atoms with Crippen LogP contribution in [-0.4, -0.2) is 47.9 Å². The van der Waals surface area contributed by atoms with Gasteiger partial charge in [0, 0.05) is 37.2 Å². The largest absolute Gasteiger partial charge is 0.468 e. The molecular formula is C23H29FN4O2. The summed E-state index contributed by atoms with van der Waals surface area (Å²) in [5.74, 6) is 1.19. The Hall–Kier alpha value is -2.22. The van der Waals surface area contributed by atoms with Crippen molar-refractivity contribution >= 4 is 5.91 Å². The minimum Gasteiger partial charge on any atom is -0.468 e. The third-order valence-electron chi connectivity index (χ3n) is 6.88. The molecule has 1 aromatic carbocycles. The van der Waals surface area contributed by atoms with E-state index in [4.69, 9.17) is 4.42 Å². The zero-order chi connectivity index (χ0) is 20.5. The number of likely N-dealkylation sites (tertiary alicyclic amines) is 2. The molecule has 1 amide bonds. The van der Waals surface area contributed by atoms with Crippen LogP contribution in [0.3, 0.4) is 0 Å². The van der Waals surface area contributed by atoms with E-state index >= 15 is 0 Å². The van der Waals surface area contributed by atoms with Gasteiger partial charge in [-0.1, -0.05) is 18.2 Å². The first-order valence-electron chi connectivity index (χ1n) is 11.0. The molecule has 4 atom stereocenters. The van der Waals surface area contributed by atoms with Crippen molar-refractivity contribution in [2.75, 3.05) is 26.2 Å². The number of amides is 1. The van der Waals surface area contributed by atoms with E-state index in [1.54, 1.807) is 12.3 Å². The molecule has 6 nitrogen and oxygen atoms in total. The van der Waals surface area contributed by atoms with Crippen LogP contribution in [0.2, 0.25) is 0 Å². The van der Waals surface area contributed by atoms with Crippen LogP contribution in [0.5, 0.6) is 0 Å². The maximum atomic E-state index is 14.4. The van der Waals surface area contributed by atoms with Crippen molar-refractivity contribution < 1.29 is 13.6 Å². The van der Waals surface area contributed by atoms with Gasteiger partial charge in [-0.25, -0.2) is 9.82 Å². The second kappa shape index (κ2) is 8.49. The Morgan fingerprint density at radius 3 is 2.83 bits per heavy atom.